The number of benzene rings is 2. The summed E-state index contributed by atoms with van der Waals surface area (Å²) < 4.78 is 5.62. The number of hydrogen-bond donors (Lipinski definition) is 2. The number of ether oxygens (including phenoxy) is 1. The lowest BCUT2D eigenvalue weighted by molar-refractivity contribution is 0.0975. The molecule has 0 saturated carbocycles. The average molecular weight is 386 g/mol. The highest BCUT2D eigenvalue weighted by Gasteiger charge is 2.16. The minimum Gasteiger partial charge on any atom is -0.376 e. The number of anilines is 1. The first-order valence-corrected chi connectivity index (χ1v) is 9.61. The Morgan fingerprint density at radius 2 is 1.93 bits per heavy atom. The first kappa shape index (κ1) is 19.4. The normalized spacial score (nSPS) is 17.0. The third kappa shape index (κ3) is 5.81. The fourth-order valence-electron chi connectivity index (χ4n) is 2.83. The van der Waals surface area contributed by atoms with Crippen molar-refractivity contribution in [3.63, 3.8) is 0 Å². The van der Waals surface area contributed by atoms with Crippen LogP contribution in [-0.4, -0.2) is 31.1 Å². The van der Waals surface area contributed by atoms with Crippen LogP contribution in [0.25, 0.3) is 0 Å². The van der Waals surface area contributed by atoms with E-state index in [9.17, 15) is 4.79 Å². The molecule has 2 aromatic carbocycles. The Kier molecular flexibility index (Phi) is 6.85. The molecule has 2 N–H and O–H groups in total. The maximum Gasteiger partial charge on any atom is 0.257 e. The van der Waals surface area contributed by atoms with Gasteiger partial charge >= 0.3 is 0 Å². The molecule has 1 aliphatic rings. The van der Waals surface area contributed by atoms with Crippen molar-refractivity contribution in [3.05, 3.63) is 64.7 Å². The number of nitrogens with zero attached hydrogens (tertiary/aromatic N) is 1. The van der Waals surface area contributed by atoms with Gasteiger partial charge in [0, 0.05) is 22.9 Å². The van der Waals surface area contributed by atoms with E-state index < -0.39 is 0 Å². The molecule has 2 aromatic rings. The summed E-state index contributed by atoms with van der Waals surface area (Å²) >= 11 is 5.89. The summed E-state index contributed by atoms with van der Waals surface area (Å²) in [5.74, 6) is 0.171. The Labute approximate surface area is 164 Å². The minimum atomic E-state index is -0.240. The third-order valence-electron chi connectivity index (χ3n) is 4.44. The topological polar surface area (TPSA) is 62.7 Å². The summed E-state index contributed by atoms with van der Waals surface area (Å²) in [6, 6.07) is 14.8. The average Bonchev–Trinajstić information content (AvgIpc) is 3.21. The van der Waals surface area contributed by atoms with Gasteiger partial charge in [0.2, 0.25) is 5.96 Å². The second-order valence-corrected chi connectivity index (χ2v) is 6.90. The fourth-order valence-corrected chi connectivity index (χ4v) is 2.96. The van der Waals surface area contributed by atoms with Gasteiger partial charge in [-0.15, -0.1) is 0 Å². The molecule has 27 heavy (non-hydrogen) atoms. The van der Waals surface area contributed by atoms with Crippen molar-refractivity contribution >= 4 is 29.2 Å². The first-order valence-electron chi connectivity index (χ1n) is 9.23. The SMILES string of the molecule is CCc1ccc(NC(=NC[C@@H]2CCCO2)NC(=O)c2ccc(Cl)cc2)cc1. The van der Waals surface area contributed by atoms with Crippen molar-refractivity contribution in [2.75, 3.05) is 18.5 Å². The highest BCUT2D eigenvalue weighted by Crippen LogP contribution is 2.14. The van der Waals surface area contributed by atoms with Crippen LogP contribution in [0.5, 0.6) is 0 Å². The van der Waals surface area contributed by atoms with E-state index in [1.807, 2.05) is 12.1 Å². The highest BCUT2D eigenvalue weighted by atomic mass is 35.5. The maximum atomic E-state index is 12.5. The van der Waals surface area contributed by atoms with Gasteiger partial charge in [0.25, 0.3) is 5.91 Å². The molecule has 1 aliphatic heterocycles. The van der Waals surface area contributed by atoms with Crippen molar-refractivity contribution in [3.8, 4) is 0 Å². The Bertz CT molecular complexity index is 782. The molecule has 0 aliphatic carbocycles. The van der Waals surface area contributed by atoms with Crippen molar-refractivity contribution in [2.45, 2.75) is 32.3 Å². The number of guanidine groups is 1. The molecule has 0 unspecified atom stereocenters. The molecule has 1 heterocycles. The van der Waals surface area contributed by atoms with Crippen molar-refractivity contribution in [1.29, 1.82) is 0 Å². The van der Waals surface area contributed by atoms with Crippen LogP contribution in [-0.2, 0) is 11.2 Å². The van der Waals surface area contributed by atoms with Gasteiger partial charge in [-0.2, -0.15) is 0 Å². The van der Waals surface area contributed by atoms with Gasteiger partial charge in [-0.3, -0.25) is 10.1 Å². The Morgan fingerprint density at radius 1 is 1.19 bits per heavy atom. The molecular weight excluding hydrogens is 362 g/mol. The van der Waals surface area contributed by atoms with Crippen molar-refractivity contribution < 1.29 is 9.53 Å². The summed E-state index contributed by atoms with van der Waals surface area (Å²) in [6.45, 7) is 3.40. The van der Waals surface area contributed by atoms with Crippen molar-refractivity contribution in [2.24, 2.45) is 4.99 Å². The monoisotopic (exact) mass is 385 g/mol. The zero-order valence-corrected chi connectivity index (χ0v) is 16.1. The molecule has 1 fully saturated rings. The Balaban J connectivity index is 1.72. The predicted molar refractivity (Wildman–Crippen MR) is 110 cm³/mol. The number of rotatable bonds is 5. The maximum absolute atomic E-state index is 12.5. The van der Waals surface area contributed by atoms with Crippen LogP contribution in [0.2, 0.25) is 5.02 Å². The second kappa shape index (κ2) is 9.53. The Morgan fingerprint density at radius 3 is 2.56 bits per heavy atom. The van der Waals surface area contributed by atoms with E-state index in [1.165, 1.54) is 5.56 Å². The molecule has 1 amide bonds. The Hall–Kier alpha value is -2.37. The summed E-state index contributed by atoms with van der Waals surface area (Å²) in [6.07, 6.45) is 3.14. The third-order valence-corrected chi connectivity index (χ3v) is 4.69. The van der Waals surface area contributed by atoms with Gasteiger partial charge in [-0.25, -0.2) is 4.99 Å². The van der Waals surface area contributed by atoms with Crippen LogP contribution < -0.4 is 10.6 Å². The zero-order valence-electron chi connectivity index (χ0n) is 15.4. The van der Waals surface area contributed by atoms with Crippen LogP contribution in [0.4, 0.5) is 5.69 Å². The summed E-state index contributed by atoms with van der Waals surface area (Å²) in [4.78, 5) is 17.1. The molecule has 1 atom stereocenters. The lowest BCUT2D eigenvalue weighted by atomic mass is 10.1. The zero-order chi connectivity index (χ0) is 19.1. The second-order valence-electron chi connectivity index (χ2n) is 6.46. The molecule has 6 heteroatoms. The van der Waals surface area contributed by atoms with E-state index in [4.69, 9.17) is 16.3 Å². The van der Waals surface area contributed by atoms with E-state index in [0.717, 1.165) is 31.6 Å². The molecule has 0 radical (unpaired) electrons. The molecule has 142 valence electrons. The van der Waals surface area contributed by atoms with Gasteiger partial charge in [0.1, 0.15) is 0 Å². The summed E-state index contributed by atoms with van der Waals surface area (Å²) in [7, 11) is 0. The number of hydrogen-bond acceptors (Lipinski definition) is 3. The van der Waals surface area contributed by atoms with E-state index in [-0.39, 0.29) is 12.0 Å². The number of carbonyl (C=O) groups is 1. The number of amides is 1. The lowest BCUT2D eigenvalue weighted by Gasteiger charge is -2.14. The van der Waals surface area contributed by atoms with Gasteiger partial charge in [0.15, 0.2) is 0 Å². The molecule has 0 spiro atoms. The van der Waals surface area contributed by atoms with Gasteiger partial charge in [-0.1, -0.05) is 30.7 Å². The van der Waals surface area contributed by atoms with E-state index in [1.54, 1.807) is 24.3 Å². The lowest BCUT2D eigenvalue weighted by Crippen LogP contribution is -2.36. The van der Waals surface area contributed by atoms with Crippen LogP contribution in [0.15, 0.2) is 53.5 Å². The van der Waals surface area contributed by atoms with Crippen LogP contribution in [0.1, 0.15) is 35.7 Å². The summed E-state index contributed by atoms with van der Waals surface area (Å²) in [5.41, 5.74) is 2.64. The number of aliphatic imine (C=N–C) groups is 1. The van der Waals surface area contributed by atoms with Crippen LogP contribution >= 0.6 is 11.6 Å². The van der Waals surface area contributed by atoms with Gasteiger partial charge in [-0.05, 0) is 61.2 Å². The summed E-state index contributed by atoms with van der Waals surface area (Å²) in [5, 5.41) is 6.65. The van der Waals surface area contributed by atoms with Gasteiger partial charge in [0.05, 0.1) is 12.6 Å². The van der Waals surface area contributed by atoms with Crippen molar-refractivity contribution in [1.82, 2.24) is 5.32 Å². The highest BCUT2D eigenvalue weighted by molar-refractivity contribution is 6.30. The number of aryl methyl sites for hydroxylation is 1. The van der Waals surface area contributed by atoms with Crippen LogP contribution in [0, 0.1) is 0 Å². The molecule has 5 nitrogen and oxygen atoms in total. The van der Waals surface area contributed by atoms with Crippen LogP contribution in [0.3, 0.4) is 0 Å². The molecule has 1 saturated heterocycles. The van der Waals surface area contributed by atoms with E-state index in [0.29, 0.717) is 23.1 Å². The largest absolute Gasteiger partial charge is 0.376 e. The molecule has 0 aromatic heterocycles. The standard InChI is InChI=1S/C21H24ClN3O2/c1-2-15-5-11-18(12-6-15)24-21(23-14-19-4-3-13-27-19)25-20(26)16-7-9-17(22)10-8-16/h5-12,19H,2-4,13-14H2,1H3,(H2,23,24,25,26)/t19-/m0/s1. The molecule has 0 bridgehead atoms. The van der Waals surface area contributed by atoms with E-state index >= 15 is 0 Å². The number of carbonyl (C=O) groups excluding carboxylic acids is 1. The molecule has 3 rings (SSSR count). The molecular formula is C21H24ClN3O2. The first-order chi connectivity index (χ1) is 13.1. The quantitative estimate of drug-likeness (QED) is 0.596. The smallest absolute Gasteiger partial charge is 0.257 e. The number of halogens is 1. The number of nitrogens with one attached hydrogen (secondary N) is 2. The fraction of sp³-hybridized carbons (Fsp3) is 0.333. The predicted octanol–water partition coefficient (Wildman–Crippen LogP) is 4.28. The van der Waals surface area contributed by atoms with Gasteiger partial charge < -0.3 is 10.1 Å². The minimum absolute atomic E-state index is 0.108. The van der Waals surface area contributed by atoms with E-state index in [2.05, 4.69) is 34.7 Å².